The minimum Gasteiger partial charge on any atom is -0.487 e. The third kappa shape index (κ3) is 5.20. The lowest BCUT2D eigenvalue weighted by atomic mass is 10.0. The number of likely N-dealkylation sites (N-methyl/N-ethyl adjacent to an activating group) is 1. The van der Waals surface area contributed by atoms with Crippen molar-refractivity contribution in [3.05, 3.63) is 48.3 Å². The van der Waals surface area contributed by atoms with Crippen LogP contribution in [0.4, 0.5) is 4.39 Å². The van der Waals surface area contributed by atoms with Crippen LogP contribution in [0, 0.1) is 11.7 Å². The standard InChI is InChI=1S/C24H31FN2O5S/c1-5-24(29)26(4)14-22-16(2)13-27(17(3)15-28)33(30,31)23-11-10-18(12-21(23)32-22)19-8-6-7-9-20(19)25/h6-12,16-17,22,28H,5,13-15H2,1-4H3/t16-,17+,22+/m0/s1. The molecule has 0 saturated carbocycles. The maximum absolute atomic E-state index is 14.4. The molecule has 0 spiro atoms. The van der Waals surface area contributed by atoms with Crippen LogP contribution in [0.2, 0.25) is 0 Å². The first-order valence-electron chi connectivity index (χ1n) is 11.0. The van der Waals surface area contributed by atoms with Gasteiger partial charge in [-0.05, 0) is 30.7 Å². The summed E-state index contributed by atoms with van der Waals surface area (Å²) in [5, 5.41) is 9.72. The molecule has 1 N–H and O–H groups in total. The van der Waals surface area contributed by atoms with Crippen molar-refractivity contribution in [2.75, 3.05) is 26.7 Å². The summed E-state index contributed by atoms with van der Waals surface area (Å²) in [5.41, 5.74) is 0.806. The summed E-state index contributed by atoms with van der Waals surface area (Å²) in [7, 11) is -2.31. The number of ether oxygens (including phenoxy) is 1. The van der Waals surface area contributed by atoms with Crippen LogP contribution in [0.3, 0.4) is 0 Å². The summed E-state index contributed by atoms with van der Waals surface area (Å²) in [4.78, 5) is 13.7. The maximum atomic E-state index is 14.4. The number of aliphatic hydroxyl groups is 1. The molecule has 3 atom stereocenters. The van der Waals surface area contributed by atoms with E-state index in [1.165, 1.54) is 22.5 Å². The quantitative estimate of drug-likeness (QED) is 0.689. The Balaban J connectivity index is 2.14. The van der Waals surface area contributed by atoms with Crippen molar-refractivity contribution in [2.24, 2.45) is 5.92 Å². The average molecular weight is 479 g/mol. The van der Waals surface area contributed by atoms with Gasteiger partial charge in [0.05, 0.1) is 13.2 Å². The second-order valence-electron chi connectivity index (χ2n) is 8.51. The van der Waals surface area contributed by atoms with E-state index in [0.717, 1.165) is 0 Å². The summed E-state index contributed by atoms with van der Waals surface area (Å²) < 4.78 is 49.0. The van der Waals surface area contributed by atoms with Crippen LogP contribution in [0.25, 0.3) is 11.1 Å². The number of hydrogen-bond donors (Lipinski definition) is 1. The van der Waals surface area contributed by atoms with E-state index in [9.17, 15) is 22.7 Å². The molecule has 0 saturated heterocycles. The van der Waals surface area contributed by atoms with E-state index in [-0.39, 0.29) is 42.2 Å². The highest BCUT2D eigenvalue weighted by molar-refractivity contribution is 7.89. The van der Waals surface area contributed by atoms with Crippen LogP contribution in [0.15, 0.2) is 47.4 Å². The zero-order chi connectivity index (χ0) is 24.3. The van der Waals surface area contributed by atoms with E-state index in [1.807, 2.05) is 6.92 Å². The Morgan fingerprint density at radius 1 is 1.30 bits per heavy atom. The Bertz CT molecular complexity index is 1110. The number of carbonyl (C=O) groups is 1. The Morgan fingerprint density at radius 2 is 2.00 bits per heavy atom. The van der Waals surface area contributed by atoms with Crippen molar-refractivity contribution < 1.29 is 27.4 Å². The third-order valence-electron chi connectivity index (χ3n) is 6.03. The summed E-state index contributed by atoms with van der Waals surface area (Å²) in [5.74, 6) is -0.674. The number of halogens is 1. The summed E-state index contributed by atoms with van der Waals surface area (Å²) in [6.07, 6.45) is -0.169. The van der Waals surface area contributed by atoms with Gasteiger partial charge in [0.15, 0.2) is 0 Å². The molecule has 0 radical (unpaired) electrons. The fraction of sp³-hybridized carbons (Fsp3) is 0.458. The fourth-order valence-electron chi connectivity index (χ4n) is 3.95. The number of amides is 1. The van der Waals surface area contributed by atoms with E-state index < -0.39 is 28.0 Å². The van der Waals surface area contributed by atoms with E-state index in [0.29, 0.717) is 17.5 Å². The number of aliphatic hydroxyl groups excluding tert-OH is 1. The van der Waals surface area contributed by atoms with E-state index in [1.54, 1.807) is 50.1 Å². The molecule has 3 rings (SSSR count). The first kappa shape index (κ1) is 25.1. The second-order valence-corrected chi connectivity index (χ2v) is 10.4. The van der Waals surface area contributed by atoms with Crippen molar-refractivity contribution >= 4 is 15.9 Å². The Morgan fingerprint density at radius 3 is 2.64 bits per heavy atom. The van der Waals surface area contributed by atoms with Crippen LogP contribution in [0.5, 0.6) is 5.75 Å². The molecule has 0 bridgehead atoms. The highest BCUT2D eigenvalue weighted by Gasteiger charge is 2.38. The summed E-state index contributed by atoms with van der Waals surface area (Å²) in [6.45, 7) is 5.31. The minimum absolute atomic E-state index is 0.0516. The largest absolute Gasteiger partial charge is 0.487 e. The lowest BCUT2D eigenvalue weighted by Crippen LogP contribution is -2.50. The predicted octanol–water partition coefficient (Wildman–Crippen LogP) is 3.13. The van der Waals surface area contributed by atoms with Gasteiger partial charge in [-0.1, -0.05) is 38.1 Å². The van der Waals surface area contributed by atoms with Gasteiger partial charge < -0.3 is 14.7 Å². The van der Waals surface area contributed by atoms with Gasteiger partial charge in [0.1, 0.15) is 22.6 Å². The monoisotopic (exact) mass is 478 g/mol. The van der Waals surface area contributed by atoms with Gasteiger partial charge in [-0.25, -0.2) is 12.8 Å². The van der Waals surface area contributed by atoms with Crippen molar-refractivity contribution in [1.29, 1.82) is 0 Å². The van der Waals surface area contributed by atoms with Gasteiger partial charge in [-0.3, -0.25) is 4.79 Å². The molecular formula is C24H31FN2O5S. The van der Waals surface area contributed by atoms with Gasteiger partial charge in [0, 0.05) is 37.5 Å². The van der Waals surface area contributed by atoms with Crippen molar-refractivity contribution in [2.45, 2.75) is 44.2 Å². The van der Waals surface area contributed by atoms with Crippen LogP contribution in [-0.2, 0) is 14.8 Å². The topological polar surface area (TPSA) is 87.2 Å². The van der Waals surface area contributed by atoms with Crippen LogP contribution in [-0.4, -0.2) is 67.5 Å². The number of fused-ring (bicyclic) bond motifs is 1. The van der Waals surface area contributed by atoms with Crippen molar-refractivity contribution in [3.63, 3.8) is 0 Å². The van der Waals surface area contributed by atoms with E-state index >= 15 is 0 Å². The van der Waals surface area contributed by atoms with Gasteiger partial charge in [0.2, 0.25) is 15.9 Å². The molecule has 1 amide bonds. The molecule has 1 aliphatic heterocycles. The Hall–Kier alpha value is -2.49. The lowest BCUT2D eigenvalue weighted by molar-refractivity contribution is -0.131. The molecule has 1 aliphatic rings. The first-order valence-corrected chi connectivity index (χ1v) is 12.5. The van der Waals surface area contributed by atoms with Gasteiger partial charge in [-0.15, -0.1) is 0 Å². The maximum Gasteiger partial charge on any atom is 0.247 e. The number of carbonyl (C=O) groups excluding carboxylic acids is 1. The van der Waals surface area contributed by atoms with Gasteiger partial charge in [-0.2, -0.15) is 4.31 Å². The molecule has 0 fully saturated rings. The zero-order valence-electron chi connectivity index (χ0n) is 19.4. The zero-order valence-corrected chi connectivity index (χ0v) is 20.2. The average Bonchev–Trinajstić information content (AvgIpc) is 2.80. The molecular weight excluding hydrogens is 447 g/mol. The molecule has 2 aromatic carbocycles. The SMILES string of the molecule is CCC(=O)N(C)C[C@H]1Oc2cc(-c3ccccc3F)ccc2S(=O)(=O)N([C@H](C)CO)C[C@@H]1C. The number of hydrogen-bond acceptors (Lipinski definition) is 5. The normalized spacial score (nSPS) is 21.3. The van der Waals surface area contributed by atoms with Crippen LogP contribution < -0.4 is 4.74 Å². The molecule has 33 heavy (non-hydrogen) atoms. The molecule has 0 unspecified atom stereocenters. The van der Waals surface area contributed by atoms with Gasteiger partial charge in [0.25, 0.3) is 0 Å². The van der Waals surface area contributed by atoms with E-state index in [4.69, 9.17) is 4.74 Å². The molecule has 180 valence electrons. The molecule has 0 aromatic heterocycles. The third-order valence-corrected chi connectivity index (χ3v) is 8.05. The Kier molecular flexibility index (Phi) is 7.76. The predicted molar refractivity (Wildman–Crippen MR) is 124 cm³/mol. The van der Waals surface area contributed by atoms with Crippen LogP contribution >= 0.6 is 0 Å². The molecule has 1 heterocycles. The number of nitrogens with zero attached hydrogens (tertiary/aromatic N) is 2. The summed E-state index contributed by atoms with van der Waals surface area (Å²) in [6, 6.07) is 10.1. The fourth-order valence-corrected chi connectivity index (χ4v) is 5.77. The highest BCUT2D eigenvalue weighted by atomic mass is 32.2. The number of benzene rings is 2. The molecule has 2 aromatic rings. The number of rotatable bonds is 6. The van der Waals surface area contributed by atoms with Gasteiger partial charge >= 0.3 is 0 Å². The lowest BCUT2D eigenvalue weighted by Gasteiger charge is -2.37. The highest BCUT2D eigenvalue weighted by Crippen LogP contribution is 2.37. The van der Waals surface area contributed by atoms with E-state index in [2.05, 4.69) is 0 Å². The van der Waals surface area contributed by atoms with Crippen LogP contribution in [0.1, 0.15) is 27.2 Å². The van der Waals surface area contributed by atoms with Crippen molar-refractivity contribution in [1.82, 2.24) is 9.21 Å². The second kappa shape index (κ2) is 10.2. The molecule has 9 heteroatoms. The smallest absolute Gasteiger partial charge is 0.247 e. The number of sulfonamides is 1. The minimum atomic E-state index is -3.99. The Labute approximate surface area is 194 Å². The first-order chi connectivity index (χ1) is 15.6. The van der Waals surface area contributed by atoms with Crippen molar-refractivity contribution in [3.8, 4) is 16.9 Å². The molecule has 0 aliphatic carbocycles. The molecule has 7 nitrogen and oxygen atoms in total. The summed E-state index contributed by atoms with van der Waals surface area (Å²) >= 11 is 0.